The SMILES string of the molecule is O=C(Cc1cn(O)c2ccccc12)Nc1ccc(Cl)cc1. The molecule has 0 radical (unpaired) electrons. The van der Waals surface area contributed by atoms with Gasteiger partial charge in [-0.1, -0.05) is 29.8 Å². The Hall–Kier alpha value is -2.46. The lowest BCUT2D eigenvalue weighted by Crippen LogP contribution is -2.14. The van der Waals surface area contributed by atoms with Gasteiger partial charge >= 0.3 is 0 Å². The molecule has 0 bridgehead atoms. The third-order valence-electron chi connectivity index (χ3n) is 3.25. The summed E-state index contributed by atoms with van der Waals surface area (Å²) in [6.45, 7) is 0. The first kappa shape index (κ1) is 13.5. The van der Waals surface area contributed by atoms with Gasteiger partial charge in [-0.15, -0.1) is 0 Å². The van der Waals surface area contributed by atoms with E-state index in [2.05, 4.69) is 5.32 Å². The summed E-state index contributed by atoms with van der Waals surface area (Å²) in [6, 6.07) is 14.3. The van der Waals surface area contributed by atoms with Crippen LogP contribution in [0.2, 0.25) is 5.02 Å². The van der Waals surface area contributed by atoms with E-state index >= 15 is 0 Å². The number of nitrogens with zero attached hydrogens (tertiary/aromatic N) is 1. The molecule has 3 rings (SSSR count). The van der Waals surface area contributed by atoms with Gasteiger partial charge in [0.15, 0.2) is 0 Å². The number of halogens is 1. The van der Waals surface area contributed by atoms with E-state index in [-0.39, 0.29) is 12.3 Å². The second-order valence-electron chi connectivity index (χ2n) is 4.75. The van der Waals surface area contributed by atoms with Gasteiger partial charge in [0.2, 0.25) is 5.91 Å². The second kappa shape index (κ2) is 5.50. The smallest absolute Gasteiger partial charge is 0.228 e. The summed E-state index contributed by atoms with van der Waals surface area (Å²) in [5.41, 5.74) is 2.16. The molecule has 2 N–H and O–H groups in total. The topological polar surface area (TPSA) is 54.3 Å². The summed E-state index contributed by atoms with van der Waals surface area (Å²) in [4.78, 5) is 12.1. The van der Waals surface area contributed by atoms with E-state index in [4.69, 9.17) is 11.6 Å². The van der Waals surface area contributed by atoms with Gasteiger partial charge in [0.05, 0.1) is 11.9 Å². The van der Waals surface area contributed by atoms with Crippen molar-refractivity contribution in [2.24, 2.45) is 0 Å². The Bertz CT molecular complexity index is 794. The highest BCUT2D eigenvalue weighted by Crippen LogP contribution is 2.21. The molecular weight excluding hydrogens is 288 g/mol. The first-order valence-electron chi connectivity index (χ1n) is 6.47. The van der Waals surface area contributed by atoms with Crippen LogP contribution in [0.15, 0.2) is 54.7 Å². The van der Waals surface area contributed by atoms with Crippen molar-refractivity contribution in [2.75, 3.05) is 5.32 Å². The number of carbonyl (C=O) groups excluding carboxylic acids is 1. The van der Waals surface area contributed by atoms with Crippen LogP contribution in [0, 0.1) is 0 Å². The van der Waals surface area contributed by atoms with E-state index in [0.29, 0.717) is 16.2 Å². The lowest BCUT2D eigenvalue weighted by molar-refractivity contribution is -0.115. The first-order chi connectivity index (χ1) is 10.1. The van der Waals surface area contributed by atoms with E-state index in [1.165, 1.54) is 0 Å². The zero-order valence-corrected chi connectivity index (χ0v) is 11.8. The lowest BCUT2D eigenvalue weighted by atomic mass is 10.1. The molecular formula is C16H13ClN2O2. The molecule has 0 aliphatic rings. The molecule has 21 heavy (non-hydrogen) atoms. The summed E-state index contributed by atoms with van der Waals surface area (Å²) in [7, 11) is 0. The third-order valence-corrected chi connectivity index (χ3v) is 3.51. The van der Waals surface area contributed by atoms with Crippen molar-refractivity contribution < 1.29 is 10.0 Å². The van der Waals surface area contributed by atoms with Gasteiger partial charge in [-0.3, -0.25) is 4.79 Å². The molecule has 0 saturated carbocycles. The van der Waals surface area contributed by atoms with Crippen LogP contribution in [-0.2, 0) is 11.2 Å². The highest BCUT2D eigenvalue weighted by Gasteiger charge is 2.11. The van der Waals surface area contributed by atoms with Crippen molar-refractivity contribution >= 4 is 34.1 Å². The fourth-order valence-corrected chi connectivity index (χ4v) is 2.41. The number of hydrogen-bond acceptors (Lipinski definition) is 2. The van der Waals surface area contributed by atoms with Gasteiger partial charge in [0, 0.05) is 22.3 Å². The number of rotatable bonds is 3. The van der Waals surface area contributed by atoms with Crippen molar-refractivity contribution in [3.8, 4) is 0 Å². The Morgan fingerprint density at radius 2 is 1.86 bits per heavy atom. The minimum absolute atomic E-state index is 0.145. The molecule has 0 spiro atoms. The number of nitrogens with one attached hydrogen (secondary N) is 1. The Morgan fingerprint density at radius 3 is 2.62 bits per heavy atom. The largest absolute Gasteiger partial charge is 0.428 e. The van der Waals surface area contributed by atoms with Crippen LogP contribution in [0.5, 0.6) is 0 Å². The summed E-state index contributed by atoms with van der Waals surface area (Å²) in [6.07, 6.45) is 1.75. The van der Waals surface area contributed by atoms with Crippen LogP contribution in [0.25, 0.3) is 10.9 Å². The van der Waals surface area contributed by atoms with Crippen LogP contribution >= 0.6 is 11.6 Å². The Balaban J connectivity index is 1.79. The maximum absolute atomic E-state index is 12.1. The number of amides is 1. The van der Waals surface area contributed by atoms with Crippen molar-refractivity contribution in [1.82, 2.24) is 4.73 Å². The normalized spacial score (nSPS) is 10.7. The summed E-state index contributed by atoms with van der Waals surface area (Å²) >= 11 is 5.80. The van der Waals surface area contributed by atoms with E-state index in [1.54, 1.807) is 36.5 Å². The molecule has 0 atom stereocenters. The van der Waals surface area contributed by atoms with E-state index in [9.17, 15) is 10.0 Å². The highest BCUT2D eigenvalue weighted by molar-refractivity contribution is 6.30. The molecule has 0 aliphatic heterocycles. The molecule has 0 saturated heterocycles. The zero-order valence-electron chi connectivity index (χ0n) is 11.1. The van der Waals surface area contributed by atoms with E-state index in [1.807, 2.05) is 18.2 Å². The lowest BCUT2D eigenvalue weighted by Gasteiger charge is -2.04. The number of hydrogen-bond donors (Lipinski definition) is 2. The summed E-state index contributed by atoms with van der Waals surface area (Å²) in [5, 5.41) is 14.1. The average Bonchev–Trinajstić information content (AvgIpc) is 2.78. The van der Waals surface area contributed by atoms with Crippen LogP contribution in [-0.4, -0.2) is 15.8 Å². The molecule has 5 heteroatoms. The number of para-hydroxylation sites is 1. The molecule has 0 unspecified atom stereocenters. The minimum Gasteiger partial charge on any atom is -0.428 e. The second-order valence-corrected chi connectivity index (χ2v) is 5.18. The van der Waals surface area contributed by atoms with Gasteiger partial charge in [-0.25, -0.2) is 0 Å². The number of benzene rings is 2. The fourth-order valence-electron chi connectivity index (χ4n) is 2.28. The van der Waals surface area contributed by atoms with Gasteiger partial charge < -0.3 is 10.5 Å². The van der Waals surface area contributed by atoms with Crippen molar-refractivity contribution in [3.05, 3.63) is 65.3 Å². The standard InChI is InChI=1S/C16H13ClN2O2/c17-12-5-7-13(8-6-12)18-16(20)9-11-10-19(21)15-4-2-1-3-14(11)15/h1-8,10,21H,9H2,(H,18,20). The maximum Gasteiger partial charge on any atom is 0.228 e. The Labute approximate surface area is 126 Å². The predicted molar refractivity (Wildman–Crippen MR) is 82.9 cm³/mol. The van der Waals surface area contributed by atoms with Crippen LogP contribution in [0.1, 0.15) is 5.56 Å². The number of anilines is 1. The van der Waals surface area contributed by atoms with Gasteiger partial charge in [-0.2, -0.15) is 4.73 Å². The average molecular weight is 301 g/mol. The Morgan fingerprint density at radius 1 is 1.14 bits per heavy atom. The molecule has 0 aliphatic carbocycles. The van der Waals surface area contributed by atoms with Crippen molar-refractivity contribution in [2.45, 2.75) is 6.42 Å². The predicted octanol–water partition coefficient (Wildman–Crippen LogP) is 3.71. The fraction of sp³-hybridized carbons (Fsp3) is 0.0625. The number of aromatic nitrogens is 1. The van der Waals surface area contributed by atoms with Gasteiger partial charge in [0.25, 0.3) is 0 Å². The van der Waals surface area contributed by atoms with Crippen LogP contribution < -0.4 is 5.32 Å². The summed E-state index contributed by atoms with van der Waals surface area (Å²) < 4.78 is 1.04. The quantitative estimate of drug-likeness (QED) is 0.724. The summed E-state index contributed by atoms with van der Waals surface area (Å²) in [5.74, 6) is -0.145. The molecule has 106 valence electrons. The molecule has 2 aromatic carbocycles. The monoisotopic (exact) mass is 300 g/mol. The maximum atomic E-state index is 12.1. The zero-order chi connectivity index (χ0) is 14.8. The minimum atomic E-state index is -0.145. The van der Waals surface area contributed by atoms with Gasteiger partial charge in [-0.05, 0) is 35.9 Å². The first-order valence-corrected chi connectivity index (χ1v) is 6.85. The van der Waals surface area contributed by atoms with Gasteiger partial charge in [0.1, 0.15) is 0 Å². The molecule has 3 aromatic rings. The van der Waals surface area contributed by atoms with Crippen molar-refractivity contribution in [1.29, 1.82) is 0 Å². The number of carbonyl (C=O) groups is 1. The molecule has 0 fully saturated rings. The molecule has 4 nitrogen and oxygen atoms in total. The number of fused-ring (bicyclic) bond motifs is 1. The van der Waals surface area contributed by atoms with E-state index in [0.717, 1.165) is 15.7 Å². The highest BCUT2D eigenvalue weighted by atomic mass is 35.5. The molecule has 1 amide bonds. The van der Waals surface area contributed by atoms with Crippen LogP contribution in [0.3, 0.4) is 0 Å². The molecule has 1 heterocycles. The third kappa shape index (κ3) is 2.85. The van der Waals surface area contributed by atoms with Crippen molar-refractivity contribution in [3.63, 3.8) is 0 Å². The Kier molecular flexibility index (Phi) is 3.54. The van der Waals surface area contributed by atoms with Crippen LogP contribution in [0.4, 0.5) is 5.69 Å². The van der Waals surface area contributed by atoms with E-state index < -0.39 is 0 Å². The molecule has 1 aromatic heterocycles.